The van der Waals surface area contributed by atoms with Crippen LogP contribution in [0.3, 0.4) is 0 Å². The predicted molar refractivity (Wildman–Crippen MR) is 99.4 cm³/mol. The quantitative estimate of drug-likeness (QED) is 0.370. The maximum atomic E-state index is 13.0. The minimum Gasteiger partial charge on any atom is -0.494 e. The Morgan fingerprint density at radius 1 is 1.00 bits per heavy atom. The second-order valence-electron chi connectivity index (χ2n) is 5.28. The number of ether oxygens (including phenoxy) is 2. The second-order valence-corrected chi connectivity index (χ2v) is 6.35. The predicted octanol–water partition coefficient (Wildman–Crippen LogP) is 3.37. The van der Waals surface area contributed by atoms with Gasteiger partial charge in [-0.1, -0.05) is 11.8 Å². The Labute approximate surface area is 155 Å². The fourth-order valence-electron chi connectivity index (χ4n) is 2.26. The molecule has 2 N–H and O–H groups in total. The maximum absolute atomic E-state index is 13.0. The van der Waals surface area contributed by atoms with Crippen molar-refractivity contribution in [3.05, 3.63) is 54.3 Å². The number of nitrogen functional groups attached to an aromatic ring is 1. The lowest BCUT2D eigenvalue weighted by Gasteiger charge is -2.07. The van der Waals surface area contributed by atoms with E-state index < -0.39 is 0 Å². The van der Waals surface area contributed by atoms with Crippen LogP contribution in [-0.2, 0) is 0 Å². The summed E-state index contributed by atoms with van der Waals surface area (Å²) in [5.74, 6) is 8.46. The SMILES string of the molecule is CCOc1ccc(OCCSc2nnc(-c3ccc(F)cc3)n2N)cc1. The van der Waals surface area contributed by atoms with Gasteiger partial charge in [-0.05, 0) is 55.5 Å². The Hall–Kier alpha value is -2.74. The highest BCUT2D eigenvalue weighted by molar-refractivity contribution is 7.99. The molecule has 0 unspecified atom stereocenters. The summed E-state index contributed by atoms with van der Waals surface area (Å²) in [6.07, 6.45) is 0. The third-order valence-corrected chi connectivity index (χ3v) is 4.39. The minimum absolute atomic E-state index is 0.308. The van der Waals surface area contributed by atoms with Crippen molar-refractivity contribution in [3.8, 4) is 22.9 Å². The third-order valence-electron chi connectivity index (χ3n) is 3.48. The van der Waals surface area contributed by atoms with Gasteiger partial charge in [0.05, 0.1) is 13.2 Å². The van der Waals surface area contributed by atoms with E-state index in [0.29, 0.717) is 35.5 Å². The van der Waals surface area contributed by atoms with Crippen LogP contribution < -0.4 is 15.3 Å². The van der Waals surface area contributed by atoms with Crippen molar-refractivity contribution in [2.75, 3.05) is 24.8 Å². The number of nitrogens with zero attached hydrogens (tertiary/aromatic N) is 3. The van der Waals surface area contributed by atoms with E-state index >= 15 is 0 Å². The van der Waals surface area contributed by atoms with Crippen molar-refractivity contribution in [2.24, 2.45) is 0 Å². The Morgan fingerprint density at radius 2 is 1.65 bits per heavy atom. The number of nitrogens with two attached hydrogens (primary N) is 1. The molecule has 0 radical (unpaired) electrons. The van der Waals surface area contributed by atoms with E-state index in [-0.39, 0.29) is 5.82 Å². The Kier molecular flexibility index (Phi) is 5.96. The molecule has 6 nitrogen and oxygen atoms in total. The van der Waals surface area contributed by atoms with Gasteiger partial charge in [-0.3, -0.25) is 0 Å². The van der Waals surface area contributed by atoms with Crippen molar-refractivity contribution in [1.29, 1.82) is 0 Å². The van der Waals surface area contributed by atoms with Crippen molar-refractivity contribution in [3.63, 3.8) is 0 Å². The molecule has 0 atom stereocenters. The second kappa shape index (κ2) is 8.57. The maximum Gasteiger partial charge on any atom is 0.210 e. The lowest BCUT2D eigenvalue weighted by atomic mass is 10.2. The zero-order valence-electron chi connectivity index (χ0n) is 14.3. The Bertz CT molecular complexity index is 837. The first-order valence-corrected chi connectivity index (χ1v) is 9.11. The van der Waals surface area contributed by atoms with E-state index in [1.54, 1.807) is 12.1 Å². The van der Waals surface area contributed by atoms with Gasteiger partial charge in [0, 0.05) is 11.3 Å². The van der Waals surface area contributed by atoms with Crippen LogP contribution in [0.4, 0.5) is 4.39 Å². The van der Waals surface area contributed by atoms with E-state index in [1.165, 1.54) is 28.6 Å². The molecule has 0 saturated heterocycles. The number of benzene rings is 2. The number of aromatic nitrogens is 3. The summed E-state index contributed by atoms with van der Waals surface area (Å²) in [4.78, 5) is 0. The molecule has 2 aromatic carbocycles. The van der Waals surface area contributed by atoms with Gasteiger partial charge < -0.3 is 15.3 Å². The normalized spacial score (nSPS) is 10.7. The first-order chi connectivity index (χ1) is 12.7. The molecule has 0 spiro atoms. The number of thioether (sulfide) groups is 1. The smallest absolute Gasteiger partial charge is 0.210 e. The molecule has 0 bridgehead atoms. The summed E-state index contributed by atoms with van der Waals surface area (Å²) < 4.78 is 25.5. The van der Waals surface area contributed by atoms with Gasteiger partial charge >= 0.3 is 0 Å². The molecule has 0 amide bonds. The molecule has 8 heteroatoms. The fraction of sp³-hybridized carbons (Fsp3) is 0.222. The monoisotopic (exact) mass is 374 g/mol. The zero-order valence-corrected chi connectivity index (χ0v) is 15.1. The topological polar surface area (TPSA) is 75.2 Å². The van der Waals surface area contributed by atoms with E-state index in [1.807, 2.05) is 31.2 Å². The van der Waals surface area contributed by atoms with Gasteiger partial charge in [-0.2, -0.15) is 0 Å². The molecule has 136 valence electrons. The lowest BCUT2D eigenvalue weighted by molar-refractivity contribution is 0.332. The van der Waals surface area contributed by atoms with Gasteiger partial charge in [0.1, 0.15) is 17.3 Å². The number of rotatable bonds is 8. The molecule has 26 heavy (non-hydrogen) atoms. The molecule has 0 saturated carbocycles. The van der Waals surface area contributed by atoms with Gasteiger partial charge in [0.15, 0.2) is 5.82 Å². The van der Waals surface area contributed by atoms with Gasteiger partial charge in [-0.15, -0.1) is 10.2 Å². The summed E-state index contributed by atoms with van der Waals surface area (Å²) in [5.41, 5.74) is 0.707. The molecule has 1 heterocycles. The molecule has 1 aromatic heterocycles. The van der Waals surface area contributed by atoms with Crippen molar-refractivity contribution in [2.45, 2.75) is 12.1 Å². The fourth-order valence-corrected chi connectivity index (χ4v) is 2.94. The summed E-state index contributed by atoms with van der Waals surface area (Å²) in [6.45, 7) is 3.08. The number of halogens is 1. The molecule has 0 aliphatic heterocycles. The van der Waals surface area contributed by atoms with E-state index in [0.717, 1.165) is 11.5 Å². The van der Waals surface area contributed by atoms with Crippen LogP contribution in [-0.4, -0.2) is 33.8 Å². The standard InChI is InChI=1S/C18H19FN4O2S/c1-2-24-15-7-9-16(10-8-15)25-11-12-26-18-22-21-17(23(18)20)13-3-5-14(19)6-4-13/h3-10H,2,11-12,20H2,1H3. The van der Waals surface area contributed by atoms with Gasteiger partial charge in [0.25, 0.3) is 0 Å². The lowest BCUT2D eigenvalue weighted by Crippen LogP contribution is -2.12. The van der Waals surface area contributed by atoms with Crippen LogP contribution in [0.2, 0.25) is 0 Å². The van der Waals surface area contributed by atoms with Crippen molar-refractivity contribution in [1.82, 2.24) is 14.9 Å². The summed E-state index contributed by atoms with van der Waals surface area (Å²) in [5, 5.41) is 8.72. The summed E-state index contributed by atoms with van der Waals surface area (Å²) in [7, 11) is 0. The first kappa shape index (κ1) is 18.1. The van der Waals surface area contributed by atoms with E-state index in [9.17, 15) is 4.39 Å². The van der Waals surface area contributed by atoms with Gasteiger partial charge in [-0.25, -0.2) is 9.07 Å². The van der Waals surface area contributed by atoms with Gasteiger partial charge in [0.2, 0.25) is 5.16 Å². The number of hydrogen-bond donors (Lipinski definition) is 1. The average Bonchev–Trinajstić information content (AvgIpc) is 3.02. The highest BCUT2D eigenvalue weighted by Crippen LogP contribution is 2.22. The van der Waals surface area contributed by atoms with Crippen LogP contribution >= 0.6 is 11.8 Å². The van der Waals surface area contributed by atoms with Crippen molar-refractivity contribution < 1.29 is 13.9 Å². The zero-order chi connectivity index (χ0) is 18.4. The molecule has 0 aliphatic carbocycles. The average molecular weight is 374 g/mol. The van der Waals surface area contributed by atoms with Crippen LogP contribution in [0.15, 0.2) is 53.7 Å². The van der Waals surface area contributed by atoms with Crippen LogP contribution in [0.5, 0.6) is 11.5 Å². The molecule has 0 aliphatic rings. The molecule has 0 fully saturated rings. The Balaban J connectivity index is 1.51. The van der Waals surface area contributed by atoms with E-state index in [4.69, 9.17) is 15.3 Å². The molecular formula is C18H19FN4O2S. The van der Waals surface area contributed by atoms with Crippen LogP contribution in [0.1, 0.15) is 6.92 Å². The molecular weight excluding hydrogens is 355 g/mol. The largest absolute Gasteiger partial charge is 0.494 e. The van der Waals surface area contributed by atoms with Crippen LogP contribution in [0, 0.1) is 5.82 Å². The minimum atomic E-state index is -0.308. The number of hydrogen-bond acceptors (Lipinski definition) is 6. The summed E-state index contributed by atoms with van der Waals surface area (Å²) in [6, 6.07) is 13.4. The molecule has 3 aromatic rings. The van der Waals surface area contributed by atoms with Crippen LogP contribution in [0.25, 0.3) is 11.4 Å². The first-order valence-electron chi connectivity index (χ1n) is 8.12. The van der Waals surface area contributed by atoms with E-state index in [2.05, 4.69) is 10.2 Å². The highest BCUT2D eigenvalue weighted by atomic mass is 32.2. The summed E-state index contributed by atoms with van der Waals surface area (Å²) >= 11 is 1.44. The Morgan fingerprint density at radius 3 is 2.31 bits per heavy atom. The highest BCUT2D eigenvalue weighted by Gasteiger charge is 2.12. The molecule has 3 rings (SSSR count). The van der Waals surface area contributed by atoms with Crippen molar-refractivity contribution >= 4 is 11.8 Å². The third kappa shape index (κ3) is 4.45.